The summed E-state index contributed by atoms with van der Waals surface area (Å²) in [6, 6.07) is 10.8. The number of aromatic nitrogens is 2. The standard InChI is InChI=1S/C22H25N5O5S/c1-25-13-10-23-22(25)21(16-6-5-7-17(14-16)32-2)24-19-9-8-18(15-20(19)27(28)29)33(30,31)26-11-3-4-12-26/h5-10,13-15,21,24H,3-4,11-12H2,1-2H3. The average molecular weight is 472 g/mol. The van der Waals surface area contributed by atoms with E-state index in [-0.39, 0.29) is 16.3 Å². The van der Waals surface area contributed by atoms with E-state index in [0.29, 0.717) is 24.7 Å². The number of anilines is 1. The molecular formula is C22H25N5O5S. The van der Waals surface area contributed by atoms with E-state index in [2.05, 4.69) is 10.3 Å². The molecule has 3 aromatic rings. The van der Waals surface area contributed by atoms with Gasteiger partial charge in [-0.1, -0.05) is 12.1 Å². The van der Waals surface area contributed by atoms with Gasteiger partial charge in [-0.3, -0.25) is 10.1 Å². The van der Waals surface area contributed by atoms with E-state index in [4.69, 9.17) is 4.74 Å². The van der Waals surface area contributed by atoms with Crippen LogP contribution in [0.4, 0.5) is 11.4 Å². The smallest absolute Gasteiger partial charge is 0.293 e. The Morgan fingerprint density at radius 3 is 2.58 bits per heavy atom. The third-order valence-electron chi connectivity index (χ3n) is 5.71. The van der Waals surface area contributed by atoms with Gasteiger partial charge in [-0.2, -0.15) is 4.31 Å². The second kappa shape index (κ2) is 9.20. The first-order valence-corrected chi connectivity index (χ1v) is 11.9. The summed E-state index contributed by atoms with van der Waals surface area (Å²) in [5.41, 5.74) is 0.653. The van der Waals surface area contributed by atoms with Crippen LogP contribution in [0.1, 0.15) is 30.3 Å². The third kappa shape index (κ3) is 4.55. The van der Waals surface area contributed by atoms with Crippen molar-refractivity contribution in [1.82, 2.24) is 13.9 Å². The van der Waals surface area contributed by atoms with Gasteiger partial charge in [0, 0.05) is 38.6 Å². The number of nitrogens with zero attached hydrogens (tertiary/aromatic N) is 4. The van der Waals surface area contributed by atoms with Crippen molar-refractivity contribution in [2.24, 2.45) is 7.05 Å². The van der Waals surface area contributed by atoms with E-state index >= 15 is 0 Å². The SMILES string of the molecule is COc1cccc(C(Nc2ccc(S(=O)(=O)N3CCCC3)cc2[N+](=O)[O-])c2nccn2C)c1. The molecule has 11 heteroatoms. The number of benzene rings is 2. The van der Waals surface area contributed by atoms with E-state index in [1.807, 2.05) is 29.8 Å². The van der Waals surface area contributed by atoms with Crippen LogP contribution in [-0.2, 0) is 17.1 Å². The number of sulfonamides is 1. The zero-order valence-electron chi connectivity index (χ0n) is 18.3. The Morgan fingerprint density at radius 2 is 1.94 bits per heavy atom. The minimum Gasteiger partial charge on any atom is -0.497 e. The quantitative estimate of drug-likeness (QED) is 0.395. The third-order valence-corrected chi connectivity index (χ3v) is 7.61. The molecule has 2 heterocycles. The molecule has 174 valence electrons. The summed E-state index contributed by atoms with van der Waals surface area (Å²) in [5, 5.41) is 15.1. The predicted octanol–water partition coefficient (Wildman–Crippen LogP) is 3.32. The van der Waals surface area contributed by atoms with Crippen LogP contribution < -0.4 is 10.1 Å². The van der Waals surface area contributed by atoms with Gasteiger partial charge in [0.2, 0.25) is 10.0 Å². The summed E-state index contributed by atoms with van der Waals surface area (Å²) in [4.78, 5) is 15.7. The van der Waals surface area contributed by atoms with Crippen molar-refractivity contribution in [3.05, 3.63) is 76.4 Å². The molecule has 1 atom stereocenters. The number of nitro benzene ring substituents is 1. The molecule has 1 N–H and O–H groups in total. The summed E-state index contributed by atoms with van der Waals surface area (Å²) < 4.78 is 34.4. The van der Waals surface area contributed by atoms with Crippen molar-refractivity contribution in [3.8, 4) is 5.75 Å². The fourth-order valence-corrected chi connectivity index (χ4v) is 5.49. The fraction of sp³-hybridized carbons (Fsp3) is 0.318. The zero-order chi connectivity index (χ0) is 23.6. The first-order valence-electron chi connectivity index (χ1n) is 10.5. The van der Waals surface area contributed by atoms with Gasteiger partial charge in [0.25, 0.3) is 5.69 Å². The molecule has 33 heavy (non-hydrogen) atoms. The minimum absolute atomic E-state index is 0.0865. The van der Waals surface area contributed by atoms with Crippen LogP contribution >= 0.6 is 0 Å². The van der Waals surface area contributed by atoms with Crippen LogP contribution in [0.15, 0.2) is 59.8 Å². The van der Waals surface area contributed by atoms with Gasteiger partial charge in [0.1, 0.15) is 23.3 Å². The van der Waals surface area contributed by atoms with Crippen LogP contribution in [-0.4, -0.2) is 47.4 Å². The number of ether oxygens (including phenoxy) is 1. The van der Waals surface area contributed by atoms with Gasteiger partial charge < -0.3 is 14.6 Å². The molecule has 4 rings (SSSR count). The van der Waals surface area contributed by atoms with Crippen LogP contribution in [0.3, 0.4) is 0 Å². The molecule has 0 spiro atoms. The highest BCUT2D eigenvalue weighted by molar-refractivity contribution is 7.89. The van der Waals surface area contributed by atoms with Crippen molar-refractivity contribution >= 4 is 21.4 Å². The summed E-state index contributed by atoms with van der Waals surface area (Å²) in [5.74, 6) is 1.27. The second-order valence-corrected chi connectivity index (χ2v) is 9.74. The van der Waals surface area contributed by atoms with Crippen molar-refractivity contribution in [2.45, 2.75) is 23.8 Å². The van der Waals surface area contributed by atoms with Gasteiger partial charge in [-0.15, -0.1) is 0 Å². The number of nitrogens with one attached hydrogen (secondary N) is 1. The van der Waals surface area contributed by atoms with Crippen molar-refractivity contribution in [1.29, 1.82) is 0 Å². The lowest BCUT2D eigenvalue weighted by Gasteiger charge is -2.21. The Hall–Kier alpha value is -3.44. The highest BCUT2D eigenvalue weighted by Gasteiger charge is 2.30. The maximum absolute atomic E-state index is 12.9. The summed E-state index contributed by atoms with van der Waals surface area (Å²) in [7, 11) is -0.390. The Kier molecular flexibility index (Phi) is 6.34. The number of aryl methyl sites for hydroxylation is 1. The van der Waals surface area contributed by atoms with E-state index in [1.165, 1.54) is 16.4 Å². The van der Waals surface area contributed by atoms with Crippen molar-refractivity contribution in [2.75, 3.05) is 25.5 Å². The van der Waals surface area contributed by atoms with Crippen LogP contribution in [0, 0.1) is 10.1 Å². The Balaban J connectivity index is 1.76. The van der Waals surface area contributed by atoms with Crippen LogP contribution in [0.2, 0.25) is 0 Å². The molecule has 1 aliphatic rings. The highest BCUT2D eigenvalue weighted by Crippen LogP contribution is 2.34. The van der Waals surface area contributed by atoms with Crippen LogP contribution in [0.5, 0.6) is 5.75 Å². The molecule has 1 aliphatic heterocycles. The summed E-state index contributed by atoms with van der Waals surface area (Å²) >= 11 is 0. The zero-order valence-corrected chi connectivity index (χ0v) is 19.2. The Morgan fingerprint density at radius 1 is 1.18 bits per heavy atom. The second-order valence-electron chi connectivity index (χ2n) is 7.80. The normalized spacial score (nSPS) is 15.3. The molecule has 1 fully saturated rings. The van der Waals surface area contributed by atoms with Gasteiger partial charge in [-0.05, 0) is 42.7 Å². The molecule has 2 aromatic carbocycles. The molecule has 0 amide bonds. The molecule has 1 aromatic heterocycles. The Bertz CT molecular complexity index is 1270. The molecule has 1 saturated heterocycles. The Labute approximate surface area is 192 Å². The maximum atomic E-state index is 12.9. The average Bonchev–Trinajstić information content (AvgIpc) is 3.50. The van der Waals surface area contributed by atoms with Crippen molar-refractivity contribution < 1.29 is 18.1 Å². The van der Waals surface area contributed by atoms with Gasteiger partial charge >= 0.3 is 0 Å². The number of hydrogen-bond acceptors (Lipinski definition) is 7. The lowest BCUT2D eigenvalue weighted by atomic mass is 10.0. The van der Waals surface area contributed by atoms with Crippen molar-refractivity contribution in [3.63, 3.8) is 0 Å². The lowest BCUT2D eigenvalue weighted by molar-refractivity contribution is -0.384. The minimum atomic E-state index is -3.78. The maximum Gasteiger partial charge on any atom is 0.293 e. The number of imidazole rings is 1. The molecule has 0 saturated carbocycles. The lowest BCUT2D eigenvalue weighted by Crippen LogP contribution is -2.28. The molecule has 0 aliphatic carbocycles. The van der Waals surface area contributed by atoms with E-state index in [1.54, 1.807) is 25.6 Å². The highest BCUT2D eigenvalue weighted by atomic mass is 32.2. The summed E-state index contributed by atoms with van der Waals surface area (Å²) in [6.45, 7) is 0.848. The number of nitro groups is 1. The van der Waals surface area contributed by atoms with Gasteiger partial charge in [-0.25, -0.2) is 13.4 Å². The number of hydrogen-bond donors (Lipinski definition) is 1. The number of methoxy groups -OCH3 is 1. The predicted molar refractivity (Wildman–Crippen MR) is 123 cm³/mol. The number of rotatable bonds is 8. The molecule has 10 nitrogen and oxygen atoms in total. The van der Waals surface area contributed by atoms with Crippen LogP contribution in [0.25, 0.3) is 0 Å². The molecule has 1 unspecified atom stereocenters. The van der Waals surface area contributed by atoms with Gasteiger partial charge in [0.05, 0.1) is 16.9 Å². The van der Waals surface area contributed by atoms with E-state index in [0.717, 1.165) is 24.5 Å². The van der Waals surface area contributed by atoms with Gasteiger partial charge in [0.15, 0.2) is 0 Å². The topological polar surface area (TPSA) is 120 Å². The van der Waals surface area contributed by atoms with E-state index < -0.39 is 21.0 Å². The first kappa shape index (κ1) is 22.7. The first-order chi connectivity index (χ1) is 15.8. The molecule has 0 bridgehead atoms. The monoisotopic (exact) mass is 471 g/mol. The van der Waals surface area contributed by atoms with E-state index in [9.17, 15) is 18.5 Å². The largest absolute Gasteiger partial charge is 0.497 e. The molecule has 0 radical (unpaired) electrons. The fourth-order valence-electron chi connectivity index (χ4n) is 3.95. The summed E-state index contributed by atoms with van der Waals surface area (Å²) in [6.07, 6.45) is 4.99. The molecular weight excluding hydrogens is 446 g/mol.